The second-order valence-electron chi connectivity index (χ2n) is 5.86. The Morgan fingerprint density at radius 1 is 1.08 bits per heavy atom. The molecule has 0 aliphatic carbocycles. The van der Waals surface area contributed by atoms with E-state index in [1.54, 1.807) is 23.7 Å². The van der Waals surface area contributed by atoms with Gasteiger partial charge in [0, 0.05) is 10.3 Å². The number of hydroxylamine groups is 1. The third-order valence-corrected chi connectivity index (χ3v) is 5.21. The van der Waals surface area contributed by atoms with Gasteiger partial charge in [-0.2, -0.15) is 0 Å². The molecule has 0 spiro atoms. The number of fused-ring (bicyclic) bond motifs is 1. The molecule has 0 bridgehead atoms. The molecular formula is C19H18N2O3S. The van der Waals surface area contributed by atoms with Crippen LogP contribution in [0.1, 0.15) is 44.1 Å². The van der Waals surface area contributed by atoms with Crippen molar-refractivity contribution >= 4 is 33.2 Å². The molecule has 3 rings (SSSR count). The number of aryl methyl sites for hydroxylation is 1. The highest BCUT2D eigenvalue weighted by Gasteiger charge is 2.16. The van der Waals surface area contributed by atoms with Crippen molar-refractivity contribution in [3.63, 3.8) is 0 Å². The zero-order valence-corrected chi connectivity index (χ0v) is 14.7. The van der Waals surface area contributed by atoms with Crippen molar-refractivity contribution in [1.29, 1.82) is 0 Å². The Morgan fingerprint density at radius 3 is 2.52 bits per heavy atom. The molecule has 2 amide bonds. The van der Waals surface area contributed by atoms with Gasteiger partial charge in [-0.05, 0) is 54.6 Å². The molecule has 0 radical (unpaired) electrons. The van der Waals surface area contributed by atoms with Gasteiger partial charge in [0.1, 0.15) is 0 Å². The fourth-order valence-corrected chi connectivity index (χ4v) is 3.77. The minimum Gasteiger partial charge on any atom is -0.345 e. The third-order valence-electron chi connectivity index (χ3n) is 4.10. The Hall–Kier alpha value is -2.70. The lowest BCUT2D eigenvalue weighted by molar-refractivity contribution is 0.0706. The quantitative estimate of drug-likeness (QED) is 0.492. The number of rotatable bonds is 4. The first kappa shape index (κ1) is 17.1. The minimum absolute atomic E-state index is 0.120. The lowest BCUT2D eigenvalue weighted by Crippen LogP contribution is -2.26. The maximum absolute atomic E-state index is 12.5. The molecule has 6 heteroatoms. The van der Waals surface area contributed by atoms with Crippen molar-refractivity contribution in [2.45, 2.75) is 19.9 Å². The molecule has 1 unspecified atom stereocenters. The second-order valence-corrected chi connectivity index (χ2v) is 6.94. The fourth-order valence-electron chi connectivity index (χ4n) is 2.81. The SMILES string of the molecule is Cc1cc(C(=O)NO)ccc1C(C)NC(=O)c1cc2ccccc2s1. The van der Waals surface area contributed by atoms with Crippen molar-refractivity contribution in [2.75, 3.05) is 0 Å². The standard InChI is InChI=1S/C19H18N2O3S/c1-11-9-14(18(22)21-24)7-8-15(11)12(2)20-19(23)17-10-13-5-3-4-6-16(13)25-17/h3-10,12,24H,1-2H3,(H,20,23)(H,21,22). The molecule has 0 saturated carbocycles. The Morgan fingerprint density at radius 2 is 1.84 bits per heavy atom. The van der Waals surface area contributed by atoms with Crippen LogP contribution in [0.4, 0.5) is 0 Å². The molecular weight excluding hydrogens is 336 g/mol. The molecule has 0 fully saturated rings. The first-order chi connectivity index (χ1) is 12.0. The lowest BCUT2D eigenvalue weighted by atomic mass is 9.99. The fraction of sp³-hybridized carbons (Fsp3) is 0.158. The van der Waals surface area contributed by atoms with Gasteiger partial charge in [-0.25, -0.2) is 5.48 Å². The van der Waals surface area contributed by atoms with E-state index in [1.165, 1.54) is 11.3 Å². The second kappa shape index (κ2) is 7.04. The van der Waals surface area contributed by atoms with Crippen LogP contribution in [-0.2, 0) is 0 Å². The summed E-state index contributed by atoms with van der Waals surface area (Å²) in [7, 11) is 0. The maximum atomic E-state index is 12.5. The van der Waals surface area contributed by atoms with Crippen LogP contribution in [0.15, 0.2) is 48.5 Å². The number of hydrogen-bond donors (Lipinski definition) is 3. The average Bonchev–Trinajstić information content (AvgIpc) is 3.05. The summed E-state index contributed by atoms with van der Waals surface area (Å²) in [5.41, 5.74) is 3.77. The summed E-state index contributed by atoms with van der Waals surface area (Å²) < 4.78 is 1.08. The first-order valence-electron chi connectivity index (χ1n) is 7.84. The highest BCUT2D eigenvalue weighted by Crippen LogP contribution is 2.26. The van der Waals surface area contributed by atoms with Crippen molar-refractivity contribution in [2.24, 2.45) is 0 Å². The minimum atomic E-state index is -0.559. The summed E-state index contributed by atoms with van der Waals surface area (Å²) in [6, 6.07) is 14.7. The van der Waals surface area contributed by atoms with E-state index < -0.39 is 5.91 Å². The van der Waals surface area contributed by atoms with Crippen LogP contribution in [-0.4, -0.2) is 17.0 Å². The summed E-state index contributed by atoms with van der Waals surface area (Å²) in [4.78, 5) is 24.7. The van der Waals surface area contributed by atoms with Gasteiger partial charge in [0.25, 0.3) is 11.8 Å². The van der Waals surface area contributed by atoms with Crippen LogP contribution in [0, 0.1) is 6.92 Å². The van der Waals surface area contributed by atoms with Crippen molar-refractivity contribution in [3.8, 4) is 0 Å². The smallest absolute Gasteiger partial charge is 0.274 e. The van der Waals surface area contributed by atoms with Gasteiger partial charge in [-0.3, -0.25) is 14.8 Å². The topological polar surface area (TPSA) is 78.4 Å². The van der Waals surface area contributed by atoms with Crippen molar-refractivity contribution < 1.29 is 14.8 Å². The number of hydrogen-bond acceptors (Lipinski definition) is 4. The Kier molecular flexibility index (Phi) is 4.83. The summed E-state index contributed by atoms with van der Waals surface area (Å²) in [5.74, 6) is -0.679. The van der Waals surface area contributed by atoms with Crippen molar-refractivity contribution in [1.82, 2.24) is 10.8 Å². The number of thiophene rings is 1. The molecule has 0 aliphatic rings. The zero-order chi connectivity index (χ0) is 18.0. The number of benzene rings is 2. The van der Waals surface area contributed by atoms with Gasteiger partial charge in [0.2, 0.25) is 0 Å². The highest BCUT2D eigenvalue weighted by molar-refractivity contribution is 7.20. The van der Waals surface area contributed by atoms with Crippen LogP contribution in [0.3, 0.4) is 0 Å². The van der Waals surface area contributed by atoms with E-state index in [4.69, 9.17) is 5.21 Å². The Bertz CT molecular complexity index is 916. The van der Waals surface area contributed by atoms with Crippen LogP contribution in [0.5, 0.6) is 0 Å². The predicted molar refractivity (Wildman–Crippen MR) is 98.1 cm³/mol. The highest BCUT2D eigenvalue weighted by atomic mass is 32.1. The van der Waals surface area contributed by atoms with E-state index in [0.29, 0.717) is 10.4 Å². The lowest BCUT2D eigenvalue weighted by Gasteiger charge is -2.17. The van der Waals surface area contributed by atoms with Gasteiger partial charge in [-0.1, -0.05) is 24.3 Å². The number of carbonyl (C=O) groups is 2. The van der Waals surface area contributed by atoms with E-state index in [-0.39, 0.29) is 11.9 Å². The molecule has 0 saturated heterocycles. The van der Waals surface area contributed by atoms with Crippen LogP contribution < -0.4 is 10.8 Å². The first-order valence-corrected chi connectivity index (χ1v) is 8.65. The summed E-state index contributed by atoms with van der Waals surface area (Å²) >= 11 is 1.46. The average molecular weight is 354 g/mol. The van der Waals surface area contributed by atoms with E-state index in [2.05, 4.69) is 5.32 Å². The van der Waals surface area contributed by atoms with Gasteiger partial charge in [0.15, 0.2) is 0 Å². The summed E-state index contributed by atoms with van der Waals surface area (Å²) in [6.07, 6.45) is 0. The van der Waals surface area contributed by atoms with Crippen molar-refractivity contribution in [3.05, 3.63) is 70.1 Å². The molecule has 1 aromatic heterocycles. The van der Waals surface area contributed by atoms with Crippen LogP contribution in [0.25, 0.3) is 10.1 Å². The molecule has 1 heterocycles. The third kappa shape index (κ3) is 3.55. The molecule has 25 heavy (non-hydrogen) atoms. The molecule has 0 aliphatic heterocycles. The molecule has 5 nitrogen and oxygen atoms in total. The Balaban J connectivity index is 1.78. The molecule has 3 N–H and O–H groups in total. The molecule has 128 valence electrons. The van der Waals surface area contributed by atoms with E-state index in [9.17, 15) is 9.59 Å². The van der Waals surface area contributed by atoms with Crippen LogP contribution >= 0.6 is 11.3 Å². The van der Waals surface area contributed by atoms with E-state index >= 15 is 0 Å². The molecule has 2 aromatic carbocycles. The molecule has 1 atom stereocenters. The monoisotopic (exact) mass is 354 g/mol. The number of carbonyl (C=O) groups excluding carboxylic acids is 2. The summed E-state index contributed by atoms with van der Waals surface area (Å²) in [6.45, 7) is 3.77. The largest absolute Gasteiger partial charge is 0.345 e. The molecule has 3 aromatic rings. The predicted octanol–water partition coefficient (Wildman–Crippen LogP) is 3.82. The number of nitrogens with one attached hydrogen (secondary N) is 2. The van der Waals surface area contributed by atoms with Gasteiger partial charge < -0.3 is 5.32 Å². The van der Waals surface area contributed by atoms with Crippen LogP contribution in [0.2, 0.25) is 0 Å². The van der Waals surface area contributed by atoms with E-state index in [1.807, 2.05) is 44.2 Å². The summed E-state index contributed by atoms with van der Waals surface area (Å²) in [5, 5.41) is 12.8. The maximum Gasteiger partial charge on any atom is 0.274 e. The van der Waals surface area contributed by atoms with E-state index in [0.717, 1.165) is 21.2 Å². The number of amides is 2. The van der Waals surface area contributed by atoms with Gasteiger partial charge >= 0.3 is 0 Å². The zero-order valence-electron chi connectivity index (χ0n) is 13.9. The Labute approximate surface area is 149 Å². The van der Waals surface area contributed by atoms with Gasteiger partial charge in [-0.15, -0.1) is 11.3 Å². The van der Waals surface area contributed by atoms with Gasteiger partial charge in [0.05, 0.1) is 10.9 Å². The normalized spacial score (nSPS) is 12.0.